The summed E-state index contributed by atoms with van der Waals surface area (Å²) >= 11 is 0. The second-order valence-electron chi connectivity index (χ2n) is 4.56. The summed E-state index contributed by atoms with van der Waals surface area (Å²) in [5, 5.41) is 0. The maximum absolute atomic E-state index is 12.1. The summed E-state index contributed by atoms with van der Waals surface area (Å²) in [7, 11) is 0. The van der Waals surface area contributed by atoms with Crippen molar-refractivity contribution in [1.82, 2.24) is 4.90 Å². The van der Waals surface area contributed by atoms with Crippen LogP contribution in [-0.4, -0.2) is 23.4 Å². The van der Waals surface area contributed by atoms with Crippen molar-refractivity contribution in [3.05, 3.63) is 48.6 Å². The van der Waals surface area contributed by atoms with E-state index in [-0.39, 0.29) is 24.4 Å². The van der Waals surface area contributed by atoms with Gasteiger partial charge in [0.2, 0.25) is 5.91 Å². The van der Waals surface area contributed by atoms with E-state index in [2.05, 4.69) is 6.58 Å². The number of carbonyl (C=O) groups is 1. The second kappa shape index (κ2) is 9.59. The van der Waals surface area contributed by atoms with Gasteiger partial charge in [-0.2, -0.15) is 0 Å². The molecule has 3 nitrogen and oxygen atoms in total. The first-order valence-electron chi connectivity index (χ1n) is 6.31. The van der Waals surface area contributed by atoms with Gasteiger partial charge in [-0.3, -0.25) is 4.79 Å². The summed E-state index contributed by atoms with van der Waals surface area (Å²) in [6, 6.07) is 10.0. The molecule has 0 bridgehead atoms. The molecule has 0 aromatic heterocycles. The number of carbonyl (C=O) groups excluding carboxylic acids is 1. The molecule has 0 aliphatic rings. The van der Waals surface area contributed by atoms with Gasteiger partial charge in [-0.25, -0.2) is 0 Å². The first-order chi connectivity index (χ1) is 8.63. The van der Waals surface area contributed by atoms with Gasteiger partial charge < -0.3 is 10.6 Å². The predicted octanol–water partition coefficient (Wildman–Crippen LogP) is 2.75. The van der Waals surface area contributed by atoms with E-state index < -0.39 is 0 Å². The van der Waals surface area contributed by atoms with E-state index in [1.807, 2.05) is 42.2 Å². The Labute approximate surface area is 121 Å². The van der Waals surface area contributed by atoms with Gasteiger partial charge in [0.15, 0.2) is 0 Å². The third-order valence-electron chi connectivity index (χ3n) is 2.73. The Morgan fingerprint density at radius 3 is 2.58 bits per heavy atom. The van der Waals surface area contributed by atoms with Crippen LogP contribution in [0, 0.1) is 0 Å². The van der Waals surface area contributed by atoms with Crippen molar-refractivity contribution >= 4 is 18.3 Å². The largest absolute Gasteiger partial charge is 0.335 e. The molecular weight excluding hydrogens is 260 g/mol. The third-order valence-corrected chi connectivity index (χ3v) is 2.73. The molecule has 0 spiro atoms. The fourth-order valence-corrected chi connectivity index (χ4v) is 1.72. The van der Waals surface area contributed by atoms with Crippen molar-refractivity contribution in [3.8, 4) is 0 Å². The molecule has 1 aromatic rings. The molecule has 0 aliphatic carbocycles. The first kappa shape index (κ1) is 17.7. The van der Waals surface area contributed by atoms with Crippen LogP contribution in [0.15, 0.2) is 43.0 Å². The molecule has 0 saturated heterocycles. The van der Waals surface area contributed by atoms with Crippen molar-refractivity contribution in [1.29, 1.82) is 0 Å². The Bertz CT molecular complexity index is 379. The van der Waals surface area contributed by atoms with Crippen molar-refractivity contribution < 1.29 is 4.79 Å². The van der Waals surface area contributed by atoms with Crippen LogP contribution < -0.4 is 5.73 Å². The van der Waals surface area contributed by atoms with Crippen LogP contribution in [0.1, 0.15) is 25.3 Å². The molecule has 106 valence electrons. The van der Waals surface area contributed by atoms with E-state index in [9.17, 15) is 4.79 Å². The SMILES string of the molecule is C=CCN(Cc1ccccc1)C(=O)CCC(C)N.Cl. The zero-order valence-electron chi connectivity index (χ0n) is 11.4. The summed E-state index contributed by atoms with van der Waals surface area (Å²) in [5.41, 5.74) is 6.81. The smallest absolute Gasteiger partial charge is 0.223 e. The number of nitrogens with zero attached hydrogens (tertiary/aromatic N) is 1. The Kier molecular flexibility index (Phi) is 8.92. The van der Waals surface area contributed by atoms with E-state index in [0.29, 0.717) is 19.5 Å². The van der Waals surface area contributed by atoms with Crippen molar-refractivity contribution in [2.75, 3.05) is 6.54 Å². The summed E-state index contributed by atoms with van der Waals surface area (Å²) in [6.07, 6.45) is 2.98. The molecule has 2 N–H and O–H groups in total. The maximum atomic E-state index is 12.1. The monoisotopic (exact) mass is 282 g/mol. The molecule has 0 aliphatic heterocycles. The van der Waals surface area contributed by atoms with Crippen LogP contribution in [-0.2, 0) is 11.3 Å². The standard InChI is InChI=1S/C15H22N2O.ClH/c1-3-11-17(15(18)10-9-13(2)16)12-14-7-5-4-6-8-14;/h3-8,13H,1,9-12,16H2,2H3;1H. The quantitative estimate of drug-likeness (QED) is 0.782. The van der Waals surface area contributed by atoms with Crippen molar-refractivity contribution in [2.24, 2.45) is 5.73 Å². The Morgan fingerprint density at radius 1 is 1.42 bits per heavy atom. The molecule has 1 rings (SSSR count). The number of rotatable bonds is 7. The van der Waals surface area contributed by atoms with Crippen LogP contribution >= 0.6 is 12.4 Å². The minimum atomic E-state index is 0. The van der Waals surface area contributed by atoms with Gasteiger partial charge in [-0.1, -0.05) is 36.4 Å². The number of halogens is 1. The topological polar surface area (TPSA) is 46.3 Å². The highest BCUT2D eigenvalue weighted by atomic mass is 35.5. The second-order valence-corrected chi connectivity index (χ2v) is 4.56. The van der Waals surface area contributed by atoms with Gasteiger partial charge in [-0.15, -0.1) is 19.0 Å². The predicted molar refractivity (Wildman–Crippen MR) is 82.2 cm³/mol. The highest BCUT2D eigenvalue weighted by Crippen LogP contribution is 2.07. The van der Waals surface area contributed by atoms with Crippen molar-refractivity contribution in [3.63, 3.8) is 0 Å². The fraction of sp³-hybridized carbons (Fsp3) is 0.400. The fourth-order valence-electron chi connectivity index (χ4n) is 1.72. The van der Waals surface area contributed by atoms with Gasteiger partial charge in [-0.05, 0) is 18.9 Å². The van der Waals surface area contributed by atoms with E-state index in [0.717, 1.165) is 12.0 Å². The maximum Gasteiger partial charge on any atom is 0.223 e. The van der Waals surface area contributed by atoms with E-state index in [1.165, 1.54) is 0 Å². The van der Waals surface area contributed by atoms with E-state index in [1.54, 1.807) is 6.08 Å². The molecule has 1 unspecified atom stereocenters. The molecule has 19 heavy (non-hydrogen) atoms. The van der Waals surface area contributed by atoms with Crippen LogP contribution in [0.2, 0.25) is 0 Å². The summed E-state index contributed by atoms with van der Waals surface area (Å²) < 4.78 is 0. The van der Waals surface area contributed by atoms with Gasteiger partial charge in [0, 0.05) is 25.6 Å². The van der Waals surface area contributed by atoms with Gasteiger partial charge in [0.1, 0.15) is 0 Å². The van der Waals surface area contributed by atoms with E-state index >= 15 is 0 Å². The number of amides is 1. The zero-order chi connectivity index (χ0) is 13.4. The highest BCUT2D eigenvalue weighted by molar-refractivity contribution is 5.85. The Hall–Kier alpha value is -1.32. The van der Waals surface area contributed by atoms with Gasteiger partial charge >= 0.3 is 0 Å². The molecule has 1 atom stereocenters. The summed E-state index contributed by atoms with van der Waals surface area (Å²) in [6.45, 7) is 6.83. The minimum Gasteiger partial charge on any atom is -0.335 e. The Balaban J connectivity index is 0.00000324. The number of nitrogens with two attached hydrogens (primary N) is 1. The lowest BCUT2D eigenvalue weighted by Gasteiger charge is -2.21. The lowest BCUT2D eigenvalue weighted by molar-refractivity contribution is -0.131. The average molecular weight is 283 g/mol. The Morgan fingerprint density at radius 2 is 2.05 bits per heavy atom. The molecule has 0 radical (unpaired) electrons. The van der Waals surface area contributed by atoms with Gasteiger partial charge in [0.05, 0.1) is 0 Å². The lowest BCUT2D eigenvalue weighted by Crippen LogP contribution is -2.31. The molecule has 0 heterocycles. The average Bonchev–Trinajstić information content (AvgIpc) is 2.36. The number of hydrogen-bond donors (Lipinski definition) is 1. The minimum absolute atomic E-state index is 0. The summed E-state index contributed by atoms with van der Waals surface area (Å²) in [5.74, 6) is 0.135. The summed E-state index contributed by atoms with van der Waals surface area (Å²) in [4.78, 5) is 13.9. The zero-order valence-corrected chi connectivity index (χ0v) is 12.2. The van der Waals surface area contributed by atoms with E-state index in [4.69, 9.17) is 5.73 Å². The molecule has 1 aromatic carbocycles. The normalized spacial score (nSPS) is 11.3. The number of benzene rings is 1. The van der Waals surface area contributed by atoms with Crippen LogP contribution in [0.5, 0.6) is 0 Å². The molecular formula is C15H23ClN2O. The van der Waals surface area contributed by atoms with Crippen LogP contribution in [0.4, 0.5) is 0 Å². The lowest BCUT2D eigenvalue weighted by atomic mass is 10.1. The number of hydrogen-bond acceptors (Lipinski definition) is 2. The third kappa shape index (κ3) is 6.99. The van der Waals surface area contributed by atoms with Crippen LogP contribution in [0.25, 0.3) is 0 Å². The van der Waals surface area contributed by atoms with Gasteiger partial charge in [0.25, 0.3) is 0 Å². The molecule has 0 fully saturated rings. The first-order valence-corrected chi connectivity index (χ1v) is 6.31. The molecule has 0 saturated carbocycles. The molecule has 1 amide bonds. The van der Waals surface area contributed by atoms with Crippen molar-refractivity contribution in [2.45, 2.75) is 32.4 Å². The van der Waals surface area contributed by atoms with Crippen LogP contribution in [0.3, 0.4) is 0 Å². The molecule has 4 heteroatoms. The highest BCUT2D eigenvalue weighted by Gasteiger charge is 2.12.